The van der Waals surface area contributed by atoms with E-state index in [1.54, 1.807) is 0 Å². The van der Waals surface area contributed by atoms with Crippen LogP contribution in [0.1, 0.15) is 26.3 Å². The molecule has 0 spiro atoms. The second-order valence-electron chi connectivity index (χ2n) is 16.5. The lowest BCUT2D eigenvalue weighted by molar-refractivity contribution is 0.591. The minimum atomic E-state index is 0.0877. The van der Waals surface area contributed by atoms with Crippen molar-refractivity contribution in [3.05, 3.63) is 175 Å². The lowest BCUT2D eigenvalue weighted by Gasteiger charge is -2.22. The van der Waals surface area contributed by atoms with Gasteiger partial charge in [0.25, 0.3) is 0 Å². The Morgan fingerprint density at radius 2 is 0.836 bits per heavy atom. The van der Waals surface area contributed by atoms with Crippen molar-refractivity contribution in [2.24, 2.45) is 0 Å². The van der Waals surface area contributed by atoms with Gasteiger partial charge in [0.15, 0.2) is 0 Å². The van der Waals surface area contributed by atoms with Gasteiger partial charge in [0.2, 0.25) is 0 Å². The van der Waals surface area contributed by atoms with Crippen LogP contribution in [0.2, 0.25) is 0 Å². The number of benzene rings is 11. The molecule has 0 atom stereocenters. The number of fused-ring (bicyclic) bond motifs is 3. The molecule has 1 heteroatoms. The Kier molecular flexibility index (Phi) is 6.11. The van der Waals surface area contributed by atoms with Crippen LogP contribution >= 0.6 is 0 Å². The molecule has 1 nitrogen and oxygen atoms in total. The summed E-state index contributed by atoms with van der Waals surface area (Å²) < 4.78 is 2.47. The number of nitrogens with zero attached hydrogens (tertiary/aromatic N) is 1. The SMILES string of the molecule is CC(C)(C)c1cc2ccc3ccc(-c4ccc5c6ccc(-c7cc8cccc9ccc%10cccc7c%10c98)cc6n(-c6ccccc6)c5c4)c4ccc(c1)c2c34. The molecule has 0 unspecified atom stereocenters. The van der Waals surface area contributed by atoms with Crippen molar-refractivity contribution in [2.75, 3.05) is 0 Å². The topological polar surface area (TPSA) is 4.93 Å². The zero-order valence-corrected chi connectivity index (χ0v) is 31.1. The summed E-state index contributed by atoms with van der Waals surface area (Å²) in [6.45, 7) is 6.91. The summed E-state index contributed by atoms with van der Waals surface area (Å²) in [4.78, 5) is 0. The average molecular weight is 700 g/mol. The van der Waals surface area contributed by atoms with E-state index >= 15 is 0 Å². The predicted octanol–water partition coefficient (Wildman–Crippen LogP) is 15.2. The summed E-state index contributed by atoms with van der Waals surface area (Å²) >= 11 is 0. The molecule has 0 amide bonds. The fraction of sp³-hybridized carbons (Fsp3) is 0.0741. The van der Waals surface area contributed by atoms with Gasteiger partial charge in [0.1, 0.15) is 0 Å². The van der Waals surface area contributed by atoms with Crippen LogP contribution in [0.25, 0.3) is 114 Å². The van der Waals surface area contributed by atoms with Crippen LogP contribution < -0.4 is 0 Å². The number of para-hydroxylation sites is 1. The third kappa shape index (κ3) is 4.35. The Hall–Kier alpha value is -6.70. The molecule has 12 rings (SSSR count). The zero-order valence-electron chi connectivity index (χ0n) is 31.1. The van der Waals surface area contributed by atoms with Crippen LogP contribution in [0.4, 0.5) is 0 Å². The molecule has 0 fully saturated rings. The first-order chi connectivity index (χ1) is 26.9. The monoisotopic (exact) mass is 699 g/mol. The lowest BCUT2D eigenvalue weighted by atomic mass is 9.83. The molecule has 1 aromatic heterocycles. The minimum Gasteiger partial charge on any atom is -0.309 e. The predicted molar refractivity (Wildman–Crippen MR) is 238 cm³/mol. The van der Waals surface area contributed by atoms with Crippen LogP contribution in [0, 0.1) is 0 Å². The third-order valence-electron chi connectivity index (χ3n) is 12.4. The van der Waals surface area contributed by atoms with E-state index in [4.69, 9.17) is 0 Å². The average Bonchev–Trinajstić information content (AvgIpc) is 3.54. The van der Waals surface area contributed by atoms with Gasteiger partial charge in [-0.15, -0.1) is 0 Å². The first kappa shape index (κ1) is 30.7. The Morgan fingerprint density at radius 3 is 1.53 bits per heavy atom. The van der Waals surface area contributed by atoms with Crippen LogP contribution in [-0.4, -0.2) is 4.57 Å². The van der Waals surface area contributed by atoms with Crippen molar-refractivity contribution < 1.29 is 0 Å². The van der Waals surface area contributed by atoms with Gasteiger partial charge in [0.05, 0.1) is 11.0 Å². The van der Waals surface area contributed by atoms with Gasteiger partial charge >= 0.3 is 0 Å². The molecule has 0 saturated heterocycles. The second kappa shape index (κ2) is 10.9. The van der Waals surface area contributed by atoms with E-state index in [1.165, 1.54) is 114 Å². The fourth-order valence-electron chi connectivity index (χ4n) is 9.71. The van der Waals surface area contributed by atoms with Gasteiger partial charge in [-0.05, 0) is 128 Å². The van der Waals surface area contributed by atoms with E-state index in [0.29, 0.717) is 0 Å². The zero-order chi connectivity index (χ0) is 36.6. The van der Waals surface area contributed by atoms with E-state index < -0.39 is 0 Å². The number of rotatable bonds is 3. The summed E-state index contributed by atoms with van der Waals surface area (Å²) in [5.74, 6) is 0. The van der Waals surface area contributed by atoms with E-state index in [1.807, 2.05) is 0 Å². The van der Waals surface area contributed by atoms with Crippen molar-refractivity contribution >= 4 is 86.4 Å². The van der Waals surface area contributed by atoms with Crippen molar-refractivity contribution in [3.63, 3.8) is 0 Å². The quantitative estimate of drug-likeness (QED) is 0.162. The number of aromatic nitrogens is 1. The first-order valence-electron chi connectivity index (χ1n) is 19.4. The van der Waals surface area contributed by atoms with Crippen LogP contribution in [0.5, 0.6) is 0 Å². The molecular formula is C54H37N. The number of hydrogen-bond acceptors (Lipinski definition) is 0. The van der Waals surface area contributed by atoms with Gasteiger partial charge in [-0.3, -0.25) is 0 Å². The van der Waals surface area contributed by atoms with Crippen LogP contribution in [-0.2, 0) is 5.41 Å². The Morgan fingerprint density at radius 1 is 0.345 bits per heavy atom. The van der Waals surface area contributed by atoms with Crippen molar-refractivity contribution in [3.8, 4) is 27.9 Å². The minimum absolute atomic E-state index is 0.0877. The van der Waals surface area contributed by atoms with Gasteiger partial charge in [-0.25, -0.2) is 0 Å². The van der Waals surface area contributed by atoms with Crippen LogP contribution in [0.15, 0.2) is 170 Å². The number of hydrogen-bond donors (Lipinski definition) is 0. The van der Waals surface area contributed by atoms with Crippen molar-refractivity contribution in [1.29, 1.82) is 0 Å². The Balaban J connectivity index is 1.10. The smallest absolute Gasteiger partial charge is 0.0547 e. The highest BCUT2D eigenvalue weighted by Gasteiger charge is 2.20. The molecule has 0 radical (unpaired) electrons. The third-order valence-corrected chi connectivity index (χ3v) is 12.4. The maximum atomic E-state index is 2.47. The molecule has 0 aliphatic heterocycles. The summed E-state index contributed by atoms with van der Waals surface area (Å²) in [5.41, 5.74) is 10.1. The van der Waals surface area contributed by atoms with E-state index in [9.17, 15) is 0 Å². The van der Waals surface area contributed by atoms with E-state index in [2.05, 4.69) is 195 Å². The lowest BCUT2D eigenvalue weighted by Crippen LogP contribution is -2.10. The maximum Gasteiger partial charge on any atom is 0.0547 e. The molecule has 55 heavy (non-hydrogen) atoms. The fourth-order valence-corrected chi connectivity index (χ4v) is 9.71. The second-order valence-corrected chi connectivity index (χ2v) is 16.5. The highest BCUT2D eigenvalue weighted by atomic mass is 15.0. The first-order valence-corrected chi connectivity index (χ1v) is 19.4. The molecule has 0 aliphatic rings. The highest BCUT2D eigenvalue weighted by Crippen LogP contribution is 2.45. The molecule has 1 heterocycles. The van der Waals surface area contributed by atoms with E-state index in [-0.39, 0.29) is 5.41 Å². The summed E-state index contributed by atoms with van der Waals surface area (Å²) in [6, 6.07) is 64.1. The van der Waals surface area contributed by atoms with Gasteiger partial charge in [-0.1, -0.05) is 160 Å². The Bertz CT molecular complexity index is 3480. The molecule has 0 N–H and O–H groups in total. The molecule has 12 aromatic rings. The maximum absolute atomic E-state index is 2.47. The van der Waals surface area contributed by atoms with Gasteiger partial charge in [-0.2, -0.15) is 0 Å². The molecule has 258 valence electrons. The van der Waals surface area contributed by atoms with Crippen LogP contribution in [0.3, 0.4) is 0 Å². The Labute approximate surface area is 319 Å². The van der Waals surface area contributed by atoms with Gasteiger partial charge in [0, 0.05) is 16.5 Å². The largest absolute Gasteiger partial charge is 0.309 e. The van der Waals surface area contributed by atoms with Crippen molar-refractivity contribution in [1.82, 2.24) is 4.57 Å². The highest BCUT2D eigenvalue weighted by molar-refractivity contribution is 6.27. The van der Waals surface area contributed by atoms with E-state index in [0.717, 1.165) is 5.69 Å². The molecule has 0 aliphatic carbocycles. The molecule has 0 bridgehead atoms. The molecular weight excluding hydrogens is 663 g/mol. The summed E-state index contributed by atoms with van der Waals surface area (Å²) in [5, 5.41) is 18.3. The summed E-state index contributed by atoms with van der Waals surface area (Å²) in [7, 11) is 0. The normalized spacial score (nSPS) is 12.6. The molecule has 11 aromatic carbocycles. The van der Waals surface area contributed by atoms with Gasteiger partial charge < -0.3 is 4.57 Å². The summed E-state index contributed by atoms with van der Waals surface area (Å²) in [6.07, 6.45) is 0. The molecule has 0 saturated carbocycles. The van der Waals surface area contributed by atoms with Crippen molar-refractivity contribution in [2.45, 2.75) is 26.2 Å². The standard InChI is InChI=1S/C54H37N/c1-54(2,3)40-27-38-18-17-34-19-23-42(46-26-22-39(28-40)51(38)53(34)46)35-20-24-43-44-25-21-36(31-49(44)55(48(43)30-35)41-12-5-4-6-13-41)47-29-37-11-7-9-32-15-16-33-10-8-14-45(47)52(33)50(32)37/h4-31H,1-3H3.